The molecule has 8 nitrogen and oxygen atoms in total. The number of anilines is 1. The predicted molar refractivity (Wildman–Crippen MR) is 99.9 cm³/mol. The molecule has 3 unspecified atom stereocenters. The first-order valence-electron chi connectivity index (χ1n) is 9.85. The molecule has 0 heterocycles. The molecule has 4 aliphatic carbocycles. The third kappa shape index (κ3) is 3.38. The van der Waals surface area contributed by atoms with Crippen molar-refractivity contribution in [1.29, 1.82) is 0 Å². The zero-order chi connectivity index (χ0) is 22.1. The van der Waals surface area contributed by atoms with Crippen molar-refractivity contribution < 1.29 is 28.1 Å². The molecule has 5 rings (SSSR count). The molecule has 0 saturated heterocycles. The van der Waals surface area contributed by atoms with Crippen LogP contribution in [0.3, 0.4) is 0 Å². The van der Waals surface area contributed by atoms with Crippen LogP contribution in [0, 0.1) is 37.5 Å². The highest BCUT2D eigenvalue weighted by atomic mass is 19.4. The van der Waals surface area contributed by atoms with Gasteiger partial charge in [-0.3, -0.25) is 20.2 Å². The van der Waals surface area contributed by atoms with Gasteiger partial charge in [-0.1, -0.05) is 0 Å². The van der Waals surface area contributed by atoms with E-state index in [4.69, 9.17) is 0 Å². The summed E-state index contributed by atoms with van der Waals surface area (Å²) in [5, 5.41) is 36.7. The normalized spacial score (nSPS) is 33.4. The van der Waals surface area contributed by atoms with Gasteiger partial charge in [0.1, 0.15) is 0 Å². The molecule has 1 aromatic rings. The Hall–Kier alpha value is -2.43. The van der Waals surface area contributed by atoms with E-state index < -0.39 is 55.7 Å². The Morgan fingerprint density at radius 1 is 1.10 bits per heavy atom. The molecule has 11 heteroatoms. The van der Waals surface area contributed by atoms with Crippen LogP contribution in [0.25, 0.3) is 0 Å². The Kier molecular flexibility index (Phi) is 4.53. The standard InChI is InChI=1S/C19H22F3N3O5/c1-10(17-5-11-2-12(6-17)8-18(26,7-11)9-17)23-16-14(24(27)28)3-13(19(20,21)22)4-15(16)25(29)30/h3-4,10-12,23,26H,2,5-9H2,1H3. The molecule has 0 spiro atoms. The summed E-state index contributed by atoms with van der Waals surface area (Å²) in [6, 6.07) is 0.161. The fourth-order valence-corrected chi connectivity index (χ4v) is 6.37. The van der Waals surface area contributed by atoms with Crippen LogP contribution in [0.1, 0.15) is 51.0 Å². The second-order valence-electron chi connectivity index (χ2n) is 9.32. The largest absolute Gasteiger partial charge is 0.416 e. The first-order chi connectivity index (χ1) is 13.8. The van der Waals surface area contributed by atoms with Crippen LogP contribution in [0.5, 0.6) is 0 Å². The smallest absolute Gasteiger partial charge is 0.390 e. The fourth-order valence-electron chi connectivity index (χ4n) is 6.37. The van der Waals surface area contributed by atoms with E-state index in [1.807, 2.05) is 0 Å². The molecule has 164 valence electrons. The van der Waals surface area contributed by atoms with Gasteiger partial charge in [-0.15, -0.1) is 0 Å². The SMILES string of the molecule is CC(Nc1c([N+](=O)[O-])cc(C(F)(F)F)cc1[N+](=O)[O-])C12CC3CC(CC(O)(C3)C1)C2. The predicted octanol–water partition coefficient (Wildman–Crippen LogP) is 4.65. The maximum Gasteiger partial charge on any atom is 0.416 e. The quantitative estimate of drug-likeness (QED) is 0.519. The Balaban J connectivity index is 1.74. The van der Waals surface area contributed by atoms with E-state index in [0.29, 0.717) is 43.2 Å². The van der Waals surface area contributed by atoms with E-state index in [0.717, 1.165) is 19.3 Å². The van der Waals surface area contributed by atoms with Gasteiger partial charge >= 0.3 is 6.18 Å². The minimum absolute atomic E-state index is 0.318. The molecule has 1 aromatic carbocycles. The molecule has 0 radical (unpaired) electrons. The fraction of sp³-hybridized carbons (Fsp3) is 0.684. The highest BCUT2D eigenvalue weighted by molar-refractivity contribution is 5.75. The van der Waals surface area contributed by atoms with Crippen molar-refractivity contribution in [2.45, 2.75) is 63.3 Å². The van der Waals surface area contributed by atoms with Crippen molar-refractivity contribution in [1.82, 2.24) is 0 Å². The van der Waals surface area contributed by atoms with Gasteiger partial charge < -0.3 is 10.4 Å². The maximum absolute atomic E-state index is 13.1. The van der Waals surface area contributed by atoms with Gasteiger partial charge in [-0.05, 0) is 62.7 Å². The van der Waals surface area contributed by atoms with Crippen molar-refractivity contribution in [2.75, 3.05) is 5.32 Å². The summed E-state index contributed by atoms with van der Waals surface area (Å²) in [7, 11) is 0. The van der Waals surface area contributed by atoms with E-state index >= 15 is 0 Å². The lowest BCUT2D eigenvalue weighted by Crippen LogP contribution is -2.60. The number of nitro groups is 2. The molecule has 30 heavy (non-hydrogen) atoms. The molecule has 4 fully saturated rings. The average Bonchev–Trinajstić information content (AvgIpc) is 2.58. The Bertz CT molecular complexity index is 870. The molecule has 0 aromatic heterocycles. The molecular formula is C19H22F3N3O5. The minimum atomic E-state index is -4.96. The molecule has 4 bridgehead atoms. The van der Waals surface area contributed by atoms with E-state index in [1.54, 1.807) is 6.92 Å². The summed E-state index contributed by atoms with van der Waals surface area (Å²) in [5.41, 5.74) is -5.14. The molecule has 4 aliphatic rings. The van der Waals surface area contributed by atoms with Gasteiger partial charge in [0.2, 0.25) is 0 Å². The number of halogens is 3. The van der Waals surface area contributed by atoms with E-state index in [9.17, 15) is 38.5 Å². The summed E-state index contributed by atoms with van der Waals surface area (Å²) >= 11 is 0. The lowest BCUT2D eigenvalue weighted by atomic mass is 9.46. The monoisotopic (exact) mass is 429 g/mol. The Labute approximate surface area is 169 Å². The number of alkyl halides is 3. The first-order valence-corrected chi connectivity index (χ1v) is 9.85. The summed E-state index contributed by atoms with van der Waals surface area (Å²) in [6.45, 7) is 1.74. The van der Waals surface area contributed by atoms with Gasteiger partial charge in [0.05, 0.1) is 21.0 Å². The van der Waals surface area contributed by atoms with Crippen LogP contribution in [-0.4, -0.2) is 26.6 Å². The molecule has 0 aliphatic heterocycles. The second-order valence-corrected chi connectivity index (χ2v) is 9.32. The highest BCUT2D eigenvalue weighted by Crippen LogP contribution is 2.63. The maximum atomic E-state index is 13.1. The summed E-state index contributed by atoms with van der Waals surface area (Å²) in [4.78, 5) is 20.9. The van der Waals surface area contributed by atoms with Crippen LogP contribution in [0.4, 0.5) is 30.2 Å². The number of nitrogens with one attached hydrogen (secondary N) is 1. The van der Waals surface area contributed by atoms with Crippen molar-refractivity contribution in [3.8, 4) is 0 Å². The van der Waals surface area contributed by atoms with Crippen molar-refractivity contribution in [3.63, 3.8) is 0 Å². The third-order valence-corrected chi connectivity index (χ3v) is 7.17. The molecule has 3 atom stereocenters. The number of hydrogen-bond donors (Lipinski definition) is 2. The summed E-state index contributed by atoms with van der Waals surface area (Å²) in [6.07, 6.45) is -0.495. The van der Waals surface area contributed by atoms with E-state index in [1.165, 1.54) is 0 Å². The van der Waals surface area contributed by atoms with Crippen LogP contribution < -0.4 is 5.32 Å². The second kappa shape index (κ2) is 6.53. The number of aliphatic hydroxyl groups is 1. The van der Waals surface area contributed by atoms with Crippen LogP contribution in [0.15, 0.2) is 12.1 Å². The number of nitro benzene ring substituents is 2. The number of benzene rings is 1. The molecule has 4 saturated carbocycles. The van der Waals surface area contributed by atoms with Gasteiger partial charge in [0.25, 0.3) is 11.4 Å². The Morgan fingerprint density at radius 3 is 2.00 bits per heavy atom. The van der Waals surface area contributed by atoms with Crippen molar-refractivity contribution in [2.24, 2.45) is 17.3 Å². The van der Waals surface area contributed by atoms with Crippen molar-refractivity contribution >= 4 is 17.1 Å². The van der Waals surface area contributed by atoms with Gasteiger partial charge in [-0.2, -0.15) is 13.2 Å². The first kappa shape index (κ1) is 20.8. The van der Waals surface area contributed by atoms with Crippen molar-refractivity contribution in [3.05, 3.63) is 37.9 Å². The minimum Gasteiger partial charge on any atom is -0.390 e. The van der Waals surface area contributed by atoms with Gasteiger partial charge in [0, 0.05) is 18.2 Å². The molecule has 0 amide bonds. The zero-order valence-corrected chi connectivity index (χ0v) is 16.2. The summed E-state index contributed by atoms with van der Waals surface area (Å²) < 4.78 is 39.4. The highest BCUT2D eigenvalue weighted by Gasteiger charge is 2.59. The van der Waals surface area contributed by atoms with E-state index in [-0.39, 0.29) is 0 Å². The summed E-state index contributed by atoms with van der Waals surface area (Å²) in [5.74, 6) is 0.635. The van der Waals surface area contributed by atoms with E-state index in [2.05, 4.69) is 5.32 Å². The molecular weight excluding hydrogens is 407 g/mol. The topological polar surface area (TPSA) is 119 Å². The van der Waals surface area contributed by atoms with Crippen LogP contribution in [0.2, 0.25) is 0 Å². The van der Waals surface area contributed by atoms with Crippen LogP contribution >= 0.6 is 0 Å². The average molecular weight is 429 g/mol. The zero-order valence-electron chi connectivity index (χ0n) is 16.2. The van der Waals surface area contributed by atoms with Gasteiger partial charge in [-0.25, -0.2) is 0 Å². The third-order valence-electron chi connectivity index (χ3n) is 7.17. The number of nitrogens with zero attached hydrogens (tertiary/aromatic N) is 2. The lowest BCUT2D eigenvalue weighted by Gasteiger charge is -2.62. The Morgan fingerprint density at radius 2 is 1.60 bits per heavy atom. The number of hydrogen-bond acceptors (Lipinski definition) is 6. The molecule has 2 N–H and O–H groups in total. The number of rotatable bonds is 5. The van der Waals surface area contributed by atoms with Crippen LogP contribution in [-0.2, 0) is 6.18 Å². The van der Waals surface area contributed by atoms with Gasteiger partial charge in [0.15, 0.2) is 5.69 Å². The lowest BCUT2D eigenvalue weighted by molar-refractivity contribution is -0.392.